The Kier molecular flexibility index (Phi) is 6.02. The van der Waals surface area contributed by atoms with Crippen LogP contribution in [0.5, 0.6) is 5.88 Å². The summed E-state index contributed by atoms with van der Waals surface area (Å²) in [7, 11) is 0. The highest BCUT2D eigenvalue weighted by molar-refractivity contribution is 7.09. The van der Waals surface area contributed by atoms with Crippen molar-refractivity contribution in [3.8, 4) is 5.88 Å². The Hall–Kier alpha value is -1.39. The molecule has 0 saturated heterocycles. The fourth-order valence-corrected chi connectivity index (χ4v) is 2.72. The van der Waals surface area contributed by atoms with Crippen LogP contribution in [0.15, 0.2) is 35.8 Å². The number of nitrogens with one attached hydrogen (secondary N) is 1. The minimum Gasteiger partial charge on any atom is -0.477 e. The minimum atomic E-state index is 0.264. The molecule has 0 saturated carbocycles. The van der Waals surface area contributed by atoms with Gasteiger partial charge in [0.05, 0.1) is 6.61 Å². The highest BCUT2D eigenvalue weighted by atomic mass is 32.1. The summed E-state index contributed by atoms with van der Waals surface area (Å²) in [6, 6.07) is 8.52. The SMILES string of the molecule is CCCNC(C)c1cccnc1OCCc1cccs1. The van der Waals surface area contributed by atoms with Crippen molar-refractivity contribution in [2.75, 3.05) is 13.2 Å². The van der Waals surface area contributed by atoms with Crippen molar-refractivity contribution in [2.45, 2.75) is 32.7 Å². The van der Waals surface area contributed by atoms with E-state index in [-0.39, 0.29) is 6.04 Å². The fraction of sp³-hybridized carbons (Fsp3) is 0.438. The van der Waals surface area contributed by atoms with Crippen LogP contribution in [-0.4, -0.2) is 18.1 Å². The summed E-state index contributed by atoms with van der Waals surface area (Å²) < 4.78 is 5.87. The molecule has 2 aromatic rings. The maximum Gasteiger partial charge on any atom is 0.218 e. The number of pyridine rings is 1. The molecule has 0 amide bonds. The molecule has 0 radical (unpaired) electrons. The number of hydrogen-bond donors (Lipinski definition) is 1. The third-order valence-electron chi connectivity index (χ3n) is 3.13. The lowest BCUT2D eigenvalue weighted by Crippen LogP contribution is -2.20. The van der Waals surface area contributed by atoms with Crippen molar-refractivity contribution in [2.24, 2.45) is 0 Å². The first-order valence-corrected chi connectivity index (χ1v) is 8.02. The third-order valence-corrected chi connectivity index (χ3v) is 4.07. The highest BCUT2D eigenvalue weighted by Crippen LogP contribution is 2.22. The summed E-state index contributed by atoms with van der Waals surface area (Å²) in [6.45, 7) is 6.00. The number of rotatable bonds is 8. The van der Waals surface area contributed by atoms with E-state index in [4.69, 9.17) is 4.74 Å². The predicted octanol–water partition coefficient (Wildman–Crippen LogP) is 3.83. The molecule has 0 fully saturated rings. The van der Waals surface area contributed by atoms with Crippen LogP contribution < -0.4 is 10.1 Å². The second-order valence-corrected chi connectivity index (χ2v) is 5.78. The topological polar surface area (TPSA) is 34.2 Å². The zero-order chi connectivity index (χ0) is 14.2. The van der Waals surface area contributed by atoms with Crippen molar-refractivity contribution in [1.29, 1.82) is 0 Å². The molecular weight excluding hydrogens is 268 g/mol. The van der Waals surface area contributed by atoms with E-state index in [1.165, 1.54) is 4.88 Å². The summed E-state index contributed by atoms with van der Waals surface area (Å²) in [5, 5.41) is 5.57. The van der Waals surface area contributed by atoms with E-state index >= 15 is 0 Å². The summed E-state index contributed by atoms with van der Waals surface area (Å²) in [5.41, 5.74) is 1.13. The quantitative estimate of drug-likeness (QED) is 0.802. The summed E-state index contributed by atoms with van der Waals surface area (Å²) in [4.78, 5) is 5.71. The van der Waals surface area contributed by atoms with Crippen LogP contribution in [0.25, 0.3) is 0 Å². The lowest BCUT2D eigenvalue weighted by Gasteiger charge is -2.16. The number of thiophene rings is 1. The van der Waals surface area contributed by atoms with E-state index in [9.17, 15) is 0 Å². The molecule has 1 N–H and O–H groups in total. The van der Waals surface area contributed by atoms with Crippen molar-refractivity contribution in [1.82, 2.24) is 10.3 Å². The zero-order valence-electron chi connectivity index (χ0n) is 12.1. The van der Waals surface area contributed by atoms with Crippen LogP contribution in [0, 0.1) is 0 Å². The van der Waals surface area contributed by atoms with Crippen molar-refractivity contribution in [3.05, 3.63) is 46.3 Å². The number of aromatic nitrogens is 1. The van der Waals surface area contributed by atoms with Crippen molar-refractivity contribution < 1.29 is 4.74 Å². The van der Waals surface area contributed by atoms with Gasteiger partial charge in [0.15, 0.2) is 0 Å². The molecule has 2 rings (SSSR count). The molecule has 2 aromatic heterocycles. The fourth-order valence-electron chi connectivity index (χ4n) is 2.03. The van der Waals surface area contributed by atoms with Gasteiger partial charge in [-0.1, -0.05) is 19.1 Å². The smallest absolute Gasteiger partial charge is 0.218 e. The monoisotopic (exact) mass is 290 g/mol. The Balaban J connectivity index is 1.93. The lowest BCUT2D eigenvalue weighted by atomic mass is 10.1. The van der Waals surface area contributed by atoms with Crippen LogP contribution in [-0.2, 0) is 6.42 Å². The summed E-state index contributed by atoms with van der Waals surface area (Å²) in [6.07, 6.45) is 3.85. The molecule has 0 aromatic carbocycles. The number of nitrogens with zero attached hydrogens (tertiary/aromatic N) is 1. The van der Waals surface area contributed by atoms with E-state index in [0.29, 0.717) is 6.61 Å². The van der Waals surface area contributed by atoms with Gasteiger partial charge < -0.3 is 10.1 Å². The Morgan fingerprint density at radius 2 is 2.25 bits per heavy atom. The molecule has 0 aliphatic heterocycles. The van der Waals surface area contributed by atoms with E-state index in [1.54, 1.807) is 17.5 Å². The molecule has 0 aliphatic rings. The summed E-state index contributed by atoms with van der Waals surface area (Å²) >= 11 is 1.77. The van der Waals surface area contributed by atoms with Crippen molar-refractivity contribution in [3.63, 3.8) is 0 Å². The third kappa shape index (κ3) is 4.32. The van der Waals surface area contributed by atoms with Crippen LogP contribution in [0.4, 0.5) is 0 Å². The van der Waals surface area contributed by atoms with Crippen LogP contribution in [0.3, 0.4) is 0 Å². The molecule has 0 spiro atoms. The van der Waals surface area contributed by atoms with Crippen LogP contribution in [0.1, 0.15) is 36.8 Å². The number of ether oxygens (including phenoxy) is 1. The minimum absolute atomic E-state index is 0.264. The molecule has 2 heterocycles. The van der Waals surface area contributed by atoms with E-state index in [2.05, 4.69) is 47.7 Å². The molecule has 4 heteroatoms. The maximum absolute atomic E-state index is 5.87. The highest BCUT2D eigenvalue weighted by Gasteiger charge is 2.11. The van der Waals surface area contributed by atoms with Gasteiger partial charge in [-0.3, -0.25) is 0 Å². The van der Waals surface area contributed by atoms with E-state index in [0.717, 1.165) is 30.8 Å². The van der Waals surface area contributed by atoms with Gasteiger partial charge in [0.25, 0.3) is 0 Å². The molecule has 1 unspecified atom stereocenters. The molecule has 1 atom stereocenters. The maximum atomic E-state index is 5.87. The van der Waals surface area contributed by atoms with Crippen LogP contribution in [0.2, 0.25) is 0 Å². The largest absolute Gasteiger partial charge is 0.477 e. The Labute approximate surface area is 125 Å². The van der Waals surface area contributed by atoms with Gasteiger partial charge in [-0.15, -0.1) is 11.3 Å². The van der Waals surface area contributed by atoms with Gasteiger partial charge in [-0.05, 0) is 37.4 Å². The second-order valence-electron chi connectivity index (χ2n) is 4.75. The van der Waals surface area contributed by atoms with Gasteiger partial charge in [0.2, 0.25) is 5.88 Å². The average molecular weight is 290 g/mol. The first kappa shape index (κ1) is 15.0. The molecule has 3 nitrogen and oxygen atoms in total. The Morgan fingerprint density at radius 1 is 1.35 bits per heavy atom. The molecular formula is C16H22N2OS. The van der Waals surface area contributed by atoms with Gasteiger partial charge >= 0.3 is 0 Å². The molecule has 0 aliphatic carbocycles. The van der Waals surface area contributed by atoms with Crippen LogP contribution >= 0.6 is 11.3 Å². The zero-order valence-corrected chi connectivity index (χ0v) is 13.0. The Morgan fingerprint density at radius 3 is 3.00 bits per heavy atom. The van der Waals surface area contributed by atoms with E-state index < -0.39 is 0 Å². The first-order chi connectivity index (χ1) is 9.81. The molecule has 0 bridgehead atoms. The lowest BCUT2D eigenvalue weighted by molar-refractivity contribution is 0.303. The first-order valence-electron chi connectivity index (χ1n) is 7.14. The molecule has 108 valence electrons. The Bertz CT molecular complexity index is 499. The van der Waals surface area contributed by atoms with Gasteiger partial charge in [-0.25, -0.2) is 4.98 Å². The number of hydrogen-bond acceptors (Lipinski definition) is 4. The summed E-state index contributed by atoms with van der Waals surface area (Å²) in [5.74, 6) is 0.750. The van der Waals surface area contributed by atoms with Crippen molar-refractivity contribution >= 4 is 11.3 Å². The van der Waals surface area contributed by atoms with Gasteiger partial charge in [0.1, 0.15) is 0 Å². The normalized spacial score (nSPS) is 12.3. The average Bonchev–Trinajstić information content (AvgIpc) is 2.98. The standard InChI is InChI=1S/C16H22N2OS/c1-3-9-17-13(2)15-7-4-10-18-16(15)19-11-8-14-6-5-12-20-14/h4-7,10,12-13,17H,3,8-9,11H2,1-2H3. The predicted molar refractivity (Wildman–Crippen MR) is 84.5 cm³/mol. The van der Waals surface area contributed by atoms with Gasteiger partial charge in [-0.2, -0.15) is 0 Å². The van der Waals surface area contributed by atoms with Gasteiger partial charge in [0, 0.05) is 29.1 Å². The molecule has 20 heavy (non-hydrogen) atoms. The second kappa shape index (κ2) is 8.02. The van der Waals surface area contributed by atoms with E-state index in [1.807, 2.05) is 6.07 Å².